The summed E-state index contributed by atoms with van der Waals surface area (Å²) in [6.45, 7) is 2.89. The zero-order valence-corrected chi connectivity index (χ0v) is 6.76. The molecule has 2 N–H and O–H groups in total. The molecule has 3 heteroatoms. The van der Waals surface area contributed by atoms with Crippen LogP contribution in [0, 0.1) is 5.92 Å². The van der Waals surface area contributed by atoms with Crippen molar-refractivity contribution in [2.75, 3.05) is 11.9 Å². The van der Waals surface area contributed by atoms with Crippen molar-refractivity contribution in [3.05, 3.63) is 0 Å². The van der Waals surface area contributed by atoms with Gasteiger partial charge in [0.05, 0.1) is 0 Å². The predicted molar refractivity (Wildman–Crippen MR) is 39.3 cm³/mol. The highest BCUT2D eigenvalue weighted by molar-refractivity contribution is 9.09. The predicted octanol–water partition coefficient (Wildman–Crippen LogP) is 1.40. The molecule has 0 aliphatic rings. The van der Waals surface area contributed by atoms with Crippen molar-refractivity contribution in [1.29, 1.82) is 0 Å². The molecule has 1 atom stereocenters. The Morgan fingerprint density at radius 3 is 2.14 bits per heavy atom. The molecular formula is C4H11BrClN. The van der Waals surface area contributed by atoms with Gasteiger partial charge in [0.25, 0.3) is 0 Å². The molecule has 0 aliphatic carbocycles. The van der Waals surface area contributed by atoms with Crippen molar-refractivity contribution >= 4 is 28.3 Å². The van der Waals surface area contributed by atoms with E-state index in [9.17, 15) is 0 Å². The van der Waals surface area contributed by atoms with E-state index in [-0.39, 0.29) is 12.4 Å². The molecule has 7 heavy (non-hydrogen) atoms. The minimum absolute atomic E-state index is 0. The monoisotopic (exact) mass is 187 g/mol. The van der Waals surface area contributed by atoms with E-state index in [2.05, 4.69) is 22.9 Å². The summed E-state index contributed by atoms with van der Waals surface area (Å²) in [7, 11) is 0. The second-order valence-corrected chi connectivity index (χ2v) is 2.14. The molecule has 0 radical (unpaired) electrons. The summed E-state index contributed by atoms with van der Waals surface area (Å²) in [5.41, 5.74) is 5.25. The second kappa shape index (κ2) is 6.73. The molecule has 0 bridgehead atoms. The van der Waals surface area contributed by atoms with E-state index in [1.807, 2.05) is 0 Å². The fourth-order valence-electron chi connectivity index (χ4n) is 0.0630. The van der Waals surface area contributed by atoms with Gasteiger partial charge in [-0.2, -0.15) is 0 Å². The summed E-state index contributed by atoms with van der Waals surface area (Å²) >= 11 is 3.29. The first-order valence-electron chi connectivity index (χ1n) is 2.07. The van der Waals surface area contributed by atoms with Gasteiger partial charge in [0.15, 0.2) is 0 Å². The van der Waals surface area contributed by atoms with Crippen LogP contribution in [0.25, 0.3) is 0 Å². The first kappa shape index (κ1) is 10.7. The van der Waals surface area contributed by atoms with Crippen LogP contribution in [-0.2, 0) is 0 Å². The van der Waals surface area contributed by atoms with E-state index in [1.54, 1.807) is 0 Å². The topological polar surface area (TPSA) is 26.0 Å². The Bertz CT molecular complexity index is 30.9. The van der Waals surface area contributed by atoms with Gasteiger partial charge in [-0.25, -0.2) is 0 Å². The van der Waals surface area contributed by atoms with Gasteiger partial charge >= 0.3 is 0 Å². The maximum Gasteiger partial charge on any atom is 0.00690 e. The van der Waals surface area contributed by atoms with Crippen LogP contribution >= 0.6 is 28.3 Å². The molecule has 1 nitrogen and oxygen atoms in total. The third-order valence-corrected chi connectivity index (χ3v) is 1.77. The second-order valence-electron chi connectivity index (χ2n) is 1.50. The Labute approximate surface area is 59.2 Å². The summed E-state index contributed by atoms with van der Waals surface area (Å²) in [4.78, 5) is 0. The SMILES string of the molecule is CC(CN)CBr.Cl. The third kappa shape index (κ3) is 6.73. The number of rotatable bonds is 2. The highest BCUT2D eigenvalue weighted by Crippen LogP contribution is 1.94. The molecule has 0 aromatic carbocycles. The summed E-state index contributed by atoms with van der Waals surface area (Å²) in [6, 6.07) is 0. The summed E-state index contributed by atoms with van der Waals surface area (Å²) in [5, 5.41) is 1.02. The lowest BCUT2D eigenvalue weighted by Crippen LogP contribution is -2.10. The number of alkyl halides is 1. The van der Waals surface area contributed by atoms with Crippen LogP contribution in [0.5, 0.6) is 0 Å². The van der Waals surface area contributed by atoms with Gasteiger partial charge in [0.2, 0.25) is 0 Å². The van der Waals surface area contributed by atoms with Crippen molar-refractivity contribution < 1.29 is 0 Å². The maximum absolute atomic E-state index is 5.25. The van der Waals surface area contributed by atoms with Crippen molar-refractivity contribution in [2.45, 2.75) is 6.92 Å². The van der Waals surface area contributed by atoms with E-state index in [4.69, 9.17) is 5.73 Å². The highest BCUT2D eigenvalue weighted by Gasteiger charge is 1.90. The Hall–Kier alpha value is 0.730. The van der Waals surface area contributed by atoms with E-state index in [0.29, 0.717) is 5.92 Å². The van der Waals surface area contributed by atoms with Gasteiger partial charge in [-0.1, -0.05) is 22.9 Å². The van der Waals surface area contributed by atoms with Crippen LogP contribution in [0.1, 0.15) is 6.92 Å². The van der Waals surface area contributed by atoms with Crippen LogP contribution in [0.15, 0.2) is 0 Å². The molecule has 0 saturated carbocycles. The lowest BCUT2D eigenvalue weighted by molar-refractivity contribution is 0.680. The van der Waals surface area contributed by atoms with Crippen molar-refractivity contribution in [1.82, 2.24) is 0 Å². The number of hydrogen-bond acceptors (Lipinski definition) is 1. The lowest BCUT2D eigenvalue weighted by Gasteiger charge is -1.97. The fourth-order valence-corrected chi connectivity index (χ4v) is 0.327. The van der Waals surface area contributed by atoms with Crippen LogP contribution < -0.4 is 5.73 Å². The van der Waals surface area contributed by atoms with E-state index in [1.165, 1.54) is 0 Å². The molecule has 0 saturated heterocycles. The van der Waals surface area contributed by atoms with E-state index in [0.717, 1.165) is 11.9 Å². The van der Waals surface area contributed by atoms with Crippen molar-refractivity contribution in [3.8, 4) is 0 Å². The molecule has 46 valence electrons. The number of halogens is 2. The molecule has 0 aromatic rings. The fraction of sp³-hybridized carbons (Fsp3) is 1.00. The summed E-state index contributed by atoms with van der Waals surface area (Å²) in [6.07, 6.45) is 0. The minimum Gasteiger partial charge on any atom is -0.330 e. The first-order chi connectivity index (χ1) is 2.81. The van der Waals surface area contributed by atoms with Gasteiger partial charge in [-0.05, 0) is 12.5 Å². The molecule has 0 fully saturated rings. The van der Waals surface area contributed by atoms with Gasteiger partial charge < -0.3 is 5.73 Å². The molecule has 0 rings (SSSR count). The van der Waals surface area contributed by atoms with Gasteiger partial charge in [0.1, 0.15) is 0 Å². The van der Waals surface area contributed by atoms with E-state index >= 15 is 0 Å². The zero-order chi connectivity index (χ0) is 4.99. The number of hydrogen-bond donors (Lipinski definition) is 1. The molecule has 0 aliphatic heterocycles. The Morgan fingerprint density at radius 1 is 1.71 bits per heavy atom. The lowest BCUT2D eigenvalue weighted by atomic mass is 10.2. The molecule has 0 aromatic heterocycles. The molecule has 0 heterocycles. The van der Waals surface area contributed by atoms with Crippen molar-refractivity contribution in [2.24, 2.45) is 11.7 Å². The average Bonchev–Trinajstić information content (AvgIpc) is 1.65. The summed E-state index contributed by atoms with van der Waals surface area (Å²) < 4.78 is 0. The molecular weight excluding hydrogens is 177 g/mol. The Kier molecular flexibility index (Phi) is 10.3. The first-order valence-corrected chi connectivity index (χ1v) is 3.19. The van der Waals surface area contributed by atoms with Gasteiger partial charge in [0, 0.05) is 5.33 Å². The smallest absolute Gasteiger partial charge is 0.00690 e. The molecule has 0 spiro atoms. The Balaban J connectivity index is 0. The van der Waals surface area contributed by atoms with Gasteiger partial charge in [-0.3, -0.25) is 0 Å². The Morgan fingerprint density at radius 2 is 2.14 bits per heavy atom. The van der Waals surface area contributed by atoms with Crippen LogP contribution in [0.4, 0.5) is 0 Å². The van der Waals surface area contributed by atoms with Gasteiger partial charge in [-0.15, -0.1) is 12.4 Å². The normalized spacial score (nSPS) is 12.4. The minimum atomic E-state index is 0. The number of nitrogens with two attached hydrogens (primary N) is 1. The highest BCUT2D eigenvalue weighted by atomic mass is 79.9. The average molecular weight is 188 g/mol. The van der Waals surface area contributed by atoms with Crippen LogP contribution in [-0.4, -0.2) is 11.9 Å². The van der Waals surface area contributed by atoms with E-state index < -0.39 is 0 Å². The zero-order valence-electron chi connectivity index (χ0n) is 4.36. The van der Waals surface area contributed by atoms with Crippen LogP contribution in [0.2, 0.25) is 0 Å². The molecule has 1 unspecified atom stereocenters. The largest absolute Gasteiger partial charge is 0.330 e. The van der Waals surface area contributed by atoms with Crippen LogP contribution in [0.3, 0.4) is 0 Å². The quantitative estimate of drug-likeness (QED) is 0.652. The standard InChI is InChI=1S/C4H10BrN.ClH/c1-4(2-5)3-6;/h4H,2-3,6H2,1H3;1H. The van der Waals surface area contributed by atoms with Crippen molar-refractivity contribution in [3.63, 3.8) is 0 Å². The molecule has 0 amide bonds. The maximum atomic E-state index is 5.25. The third-order valence-electron chi connectivity index (χ3n) is 0.666. The summed E-state index contributed by atoms with van der Waals surface area (Å²) in [5.74, 6) is 0.630.